The van der Waals surface area contributed by atoms with Gasteiger partial charge >= 0.3 is 0 Å². The molecule has 1 aromatic rings. The van der Waals surface area contributed by atoms with E-state index in [9.17, 15) is 4.79 Å². The molecule has 1 aliphatic heterocycles. The fourth-order valence-electron chi connectivity index (χ4n) is 1.89. The molecule has 3 heteroatoms. The number of carbonyl (C=O) groups excluding carboxylic acids is 1. The van der Waals surface area contributed by atoms with Crippen molar-refractivity contribution in [2.75, 3.05) is 18.8 Å². The molecule has 0 aromatic heterocycles. The van der Waals surface area contributed by atoms with Crippen LogP contribution in [0.15, 0.2) is 36.4 Å². The molecule has 1 fully saturated rings. The van der Waals surface area contributed by atoms with Gasteiger partial charge in [-0.25, -0.2) is 0 Å². The van der Waals surface area contributed by atoms with Crippen LogP contribution in [-0.2, 0) is 0 Å². The molecular formula is C13H16N2O. The molecule has 2 N–H and O–H groups in total. The average molecular weight is 216 g/mol. The van der Waals surface area contributed by atoms with Crippen molar-refractivity contribution in [1.29, 1.82) is 0 Å². The summed E-state index contributed by atoms with van der Waals surface area (Å²) >= 11 is 0. The summed E-state index contributed by atoms with van der Waals surface area (Å²) in [5, 5.41) is 0. The Morgan fingerprint density at radius 2 is 1.88 bits per heavy atom. The van der Waals surface area contributed by atoms with Gasteiger partial charge in [-0.05, 0) is 25.0 Å². The Morgan fingerprint density at radius 3 is 2.50 bits per heavy atom. The van der Waals surface area contributed by atoms with E-state index in [-0.39, 0.29) is 5.91 Å². The van der Waals surface area contributed by atoms with Crippen molar-refractivity contribution in [1.82, 2.24) is 4.90 Å². The number of likely N-dealkylation sites (tertiary alicyclic amines) is 1. The Kier molecular flexibility index (Phi) is 2.95. The fourth-order valence-corrected chi connectivity index (χ4v) is 1.89. The predicted octanol–water partition coefficient (Wildman–Crippen LogP) is 2.06. The molecule has 2 rings (SSSR count). The molecule has 1 amide bonds. The largest absolute Gasteiger partial charge is 0.398 e. The van der Waals surface area contributed by atoms with E-state index in [1.165, 1.54) is 5.57 Å². The lowest BCUT2D eigenvalue weighted by Gasteiger charge is -2.28. The number of amides is 1. The van der Waals surface area contributed by atoms with E-state index < -0.39 is 0 Å². The number of hydrogen-bond donors (Lipinski definition) is 1. The van der Waals surface area contributed by atoms with E-state index >= 15 is 0 Å². The summed E-state index contributed by atoms with van der Waals surface area (Å²) in [5.74, 6) is 0.0330. The molecule has 1 aliphatic rings. The third-order valence-corrected chi connectivity index (χ3v) is 2.95. The number of hydrogen-bond acceptors (Lipinski definition) is 2. The third kappa shape index (κ3) is 2.08. The SMILES string of the molecule is C=C1CCN(C(=O)c2ccccc2N)CC1. The van der Waals surface area contributed by atoms with Crippen LogP contribution >= 0.6 is 0 Å². The number of rotatable bonds is 1. The molecule has 1 aromatic carbocycles. The summed E-state index contributed by atoms with van der Waals surface area (Å²) in [4.78, 5) is 14.0. The van der Waals surface area contributed by atoms with Gasteiger partial charge < -0.3 is 10.6 Å². The van der Waals surface area contributed by atoms with E-state index in [2.05, 4.69) is 6.58 Å². The highest BCUT2D eigenvalue weighted by molar-refractivity contribution is 5.99. The smallest absolute Gasteiger partial charge is 0.255 e. The Labute approximate surface area is 95.6 Å². The van der Waals surface area contributed by atoms with Crippen LogP contribution in [0.3, 0.4) is 0 Å². The molecule has 84 valence electrons. The van der Waals surface area contributed by atoms with Gasteiger partial charge in [-0.1, -0.05) is 24.3 Å². The first kappa shape index (κ1) is 10.7. The van der Waals surface area contributed by atoms with Crippen molar-refractivity contribution in [2.24, 2.45) is 0 Å². The second-order valence-electron chi connectivity index (χ2n) is 4.13. The summed E-state index contributed by atoms with van der Waals surface area (Å²) in [5.41, 5.74) is 8.18. The highest BCUT2D eigenvalue weighted by atomic mass is 16.2. The summed E-state index contributed by atoms with van der Waals surface area (Å²) in [7, 11) is 0. The Balaban J connectivity index is 2.14. The van der Waals surface area contributed by atoms with Crippen LogP contribution in [-0.4, -0.2) is 23.9 Å². The zero-order valence-corrected chi connectivity index (χ0v) is 9.28. The molecule has 1 heterocycles. The van der Waals surface area contributed by atoms with E-state index in [1.54, 1.807) is 12.1 Å². The van der Waals surface area contributed by atoms with Gasteiger partial charge in [0.25, 0.3) is 5.91 Å². The molecule has 0 spiro atoms. The third-order valence-electron chi connectivity index (χ3n) is 2.95. The van der Waals surface area contributed by atoms with Crippen LogP contribution in [0.4, 0.5) is 5.69 Å². The number of nitrogens with zero attached hydrogens (tertiary/aromatic N) is 1. The minimum absolute atomic E-state index is 0.0330. The minimum atomic E-state index is 0.0330. The lowest BCUT2D eigenvalue weighted by molar-refractivity contribution is 0.0745. The number of benzene rings is 1. The summed E-state index contributed by atoms with van der Waals surface area (Å²) in [6.07, 6.45) is 1.80. The first-order valence-electron chi connectivity index (χ1n) is 5.49. The van der Waals surface area contributed by atoms with Crippen LogP contribution in [0.25, 0.3) is 0 Å². The first-order valence-corrected chi connectivity index (χ1v) is 5.49. The van der Waals surface area contributed by atoms with E-state index in [0.29, 0.717) is 11.3 Å². The zero-order chi connectivity index (χ0) is 11.5. The maximum atomic E-state index is 12.1. The molecule has 0 bridgehead atoms. The Hall–Kier alpha value is -1.77. The molecular weight excluding hydrogens is 200 g/mol. The van der Waals surface area contributed by atoms with Crippen molar-refractivity contribution < 1.29 is 4.79 Å². The van der Waals surface area contributed by atoms with Gasteiger partial charge in [-0.2, -0.15) is 0 Å². The van der Waals surface area contributed by atoms with Gasteiger partial charge in [0.15, 0.2) is 0 Å². The van der Waals surface area contributed by atoms with Crippen molar-refractivity contribution in [3.63, 3.8) is 0 Å². The lowest BCUT2D eigenvalue weighted by Crippen LogP contribution is -2.36. The Morgan fingerprint density at radius 1 is 1.25 bits per heavy atom. The van der Waals surface area contributed by atoms with E-state index in [4.69, 9.17) is 5.73 Å². The number of para-hydroxylation sites is 1. The van der Waals surface area contributed by atoms with Gasteiger partial charge in [-0.15, -0.1) is 0 Å². The summed E-state index contributed by atoms with van der Waals surface area (Å²) in [6.45, 7) is 5.45. The van der Waals surface area contributed by atoms with Crippen LogP contribution in [0.2, 0.25) is 0 Å². The van der Waals surface area contributed by atoms with Gasteiger partial charge in [0.05, 0.1) is 5.56 Å². The average Bonchev–Trinajstić information content (AvgIpc) is 2.30. The van der Waals surface area contributed by atoms with Crippen LogP contribution in [0.5, 0.6) is 0 Å². The predicted molar refractivity (Wildman–Crippen MR) is 65.1 cm³/mol. The second-order valence-corrected chi connectivity index (χ2v) is 4.13. The van der Waals surface area contributed by atoms with Gasteiger partial charge in [0.2, 0.25) is 0 Å². The number of nitrogen functional groups attached to an aromatic ring is 1. The molecule has 1 saturated heterocycles. The van der Waals surface area contributed by atoms with Crippen LogP contribution < -0.4 is 5.73 Å². The van der Waals surface area contributed by atoms with Gasteiger partial charge in [0.1, 0.15) is 0 Å². The number of piperidine rings is 1. The van der Waals surface area contributed by atoms with Gasteiger partial charge in [0, 0.05) is 18.8 Å². The van der Waals surface area contributed by atoms with Gasteiger partial charge in [-0.3, -0.25) is 4.79 Å². The van der Waals surface area contributed by atoms with E-state index in [0.717, 1.165) is 25.9 Å². The summed E-state index contributed by atoms with van der Waals surface area (Å²) in [6, 6.07) is 7.22. The van der Waals surface area contributed by atoms with Crippen molar-refractivity contribution in [3.8, 4) is 0 Å². The molecule has 0 unspecified atom stereocenters. The standard InChI is InChI=1S/C13H16N2O/c1-10-6-8-15(9-7-10)13(16)11-4-2-3-5-12(11)14/h2-5H,1,6-9,14H2. The summed E-state index contributed by atoms with van der Waals surface area (Å²) < 4.78 is 0. The molecule has 0 saturated carbocycles. The molecule has 0 aliphatic carbocycles. The first-order chi connectivity index (χ1) is 7.68. The van der Waals surface area contributed by atoms with Crippen LogP contribution in [0, 0.1) is 0 Å². The fraction of sp³-hybridized carbons (Fsp3) is 0.308. The monoisotopic (exact) mass is 216 g/mol. The molecule has 16 heavy (non-hydrogen) atoms. The molecule has 0 atom stereocenters. The number of nitrogens with two attached hydrogens (primary N) is 1. The normalized spacial score (nSPS) is 16.2. The van der Waals surface area contributed by atoms with Crippen molar-refractivity contribution >= 4 is 11.6 Å². The zero-order valence-electron chi connectivity index (χ0n) is 9.28. The number of carbonyl (C=O) groups is 1. The minimum Gasteiger partial charge on any atom is -0.398 e. The topological polar surface area (TPSA) is 46.3 Å². The number of anilines is 1. The van der Waals surface area contributed by atoms with Crippen molar-refractivity contribution in [3.05, 3.63) is 42.0 Å². The molecule has 3 nitrogen and oxygen atoms in total. The second kappa shape index (κ2) is 4.39. The maximum absolute atomic E-state index is 12.1. The maximum Gasteiger partial charge on any atom is 0.255 e. The van der Waals surface area contributed by atoms with Crippen molar-refractivity contribution in [2.45, 2.75) is 12.8 Å². The van der Waals surface area contributed by atoms with E-state index in [1.807, 2.05) is 17.0 Å². The molecule has 0 radical (unpaired) electrons. The quantitative estimate of drug-likeness (QED) is 0.577. The highest BCUT2D eigenvalue weighted by Crippen LogP contribution is 2.19. The van der Waals surface area contributed by atoms with Crippen LogP contribution in [0.1, 0.15) is 23.2 Å². The Bertz CT molecular complexity index is 416. The lowest BCUT2D eigenvalue weighted by atomic mass is 10.0. The highest BCUT2D eigenvalue weighted by Gasteiger charge is 2.20.